The van der Waals surface area contributed by atoms with Crippen molar-refractivity contribution in [1.29, 1.82) is 0 Å². The molecule has 0 aromatic carbocycles. The number of hydrogen-bond donors (Lipinski definition) is 1. The van der Waals surface area contributed by atoms with Crippen LogP contribution in [0.3, 0.4) is 0 Å². The molecule has 0 aromatic rings. The molecule has 0 spiro atoms. The highest BCUT2D eigenvalue weighted by Crippen LogP contribution is 2.51. The van der Waals surface area contributed by atoms with Gasteiger partial charge in [-0.1, -0.05) is 39.2 Å². The molecule has 0 amide bonds. The lowest BCUT2D eigenvalue weighted by atomic mass is 9.57. The van der Waals surface area contributed by atoms with Gasteiger partial charge in [-0.05, 0) is 63.0 Å². The van der Waals surface area contributed by atoms with Crippen molar-refractivity contribution in [3.05, 3.63) is 11.6 Å². The first-order valence-electron chi connectivity index (χ1n) is 11.5. The molecule has 4 heteroatoms. The molecule has 3 rings (SSSR count). The summed E-state index contributed by atoms with van der Waals surface area (Å²) in [5, 5.41) is 11.7. The Morgan fingerprint density at radius 2 is 1.96 bits per heavy atom. The fraction of sp³-hybridized carbons (Fsp3) is 0.875. The largest absolute Gasteiger partial charge is 0.458 e. The molecular weight excluding hydrogens is 350 g/mol. The van der Waals surface area contributed by atoms with E-state index in [2.05, 4.69) is 38.8 Å². The summed E-state index contributed by atoms with van der Waals surface area (Å²) in [7, 11) is 2.29. The summed E-state index contributed by atoms with van der Waals surface area (Å²) < 4.78 is 5.53. The molecule has 2 fully saturated rings. The zero-order chi connectivity index (χ0) is 20.5. The van der Waals surface area contributed by atoms with E-state index >= 15 is 0 Å². The van der Waals surface area contributed by atoms with Crippen molar-refractivity contribution >= 4 is 5.97 Å². The Bertz CT molecular complexity index is 582. The molecule has 0 radical (unpaired) electrons. The molecule has 0 bridgehead atoms. The monoisotopic (exact) mass is 391 g/mol. The van der Waals surface area contributed by atoms with Gasteiger partial charge in [0.15, 0.2) is 0 Å². The van der Waals surface area contributed by atoms with Crippen LogP contribution in [-0.4, -0.2) is 47.3 Å². The Morgan fingerprint density at radius 1 is 1.29 bits per heavy atom. The number of aliphatic hydroxyl groups is 1. The van der Waals surface area contributed by atoms with E-state index in [1.165, 1.54) is 45.4 Å². The average molecular weight is 392 g/mol. The summed E-state index contributed by atoms with van der Waals surface area (Å²) in [4.78, 5) is 14.1. The molecule has 1 unspecified atom stereocenters. The van der Waals surface area contributed by atoms with Crippen LogP contribution >= 0.6 is 0 Å². The second-order valence-corrected chi connectivity index (χ2v) is 10.1. The van der Waals surface area contributed by atoms with Crippen LogP contribution in [0.1, 0.15) is 79.1 Å². The number of fused-ring (bicyclic) bond motifs is 1. The summed E-state index contributed by atoms with van der Waals surface area (Å²) in [5.41, 5.74) is 0.344. The Labute approximate surface area is 171 Å². The van der Waals surface area contributed by atoms with E-state index in [-0.39, 0.29) is 23.9 Å². The van der Waals surface area contributed by atoms with Gasteiger partial charge in [0.1, 0.15) is 6.10 Å². The van der Waals surface area contributed by atoms with Gasteiger partial charge in [-0.25, -0.2) is 0 Å². The average Bonchev–Trinajstić information content (AvgIpc) is 2.64. The summed E-state index contributed by atoms with van der Waals surface area (Å²) in [6, 6.07) is 0.731. The zero-order valence-corrected chi connectivity index (χ0v) is 18.6. The standard InChI is InChI=1S/C24H41NO3/c1-16-13-22-21(17(2)15-25(5)20-9-7-6-8-10-20)12-11-18(3)24(22,27)14-23(16)28-19(4)26/h13,17-18,20-23,27H,6-12,14-15H2,1-5H3/t17?,18-,21+,22-,23-,24-/m1/s1. The van der Waals surface area contributed by atoms with E-state index in [0.717, 1.165) is 24.6 Å². The van der Waals surface area contributed by atoms with E-state index in [9.17, 15) is 9.90 Å². The maximum absolute atomic E-state index is 11.7. The molecule has 28 heavy (non-hydrogen) atoms. The fourth-order valence-corrected chi connectivity index (χ4v) is 6.26. The first-order valence-corrected chi connectivity index (χ1v) is 11.5. The quantitative estimate of drug-likeness (QED) is 0.551. The predicted octanol–water partition coefficient (Wildman–Crippen LogP) is 4.56. The Morgan fingerprint density at radius 3 is 2.61 bits per heavy atom. The summed E-state index contributed by atoms with van der Waals surface area (Å²) in [6.07, 6.45) is 11.5. The van der Waals surface area contributed by atoms with Gasteiger partial charge in [0, 0.05) is 31.8 Å². The van der Waals surface area contributed by atoms with E-state index in [1.807, 2.05) is 0 Å². The number of rotatable bonds is 5. The topological polar surface area (TPSA) is 49.8 Å². The van der Waals surface area contributed by atoms with Crippen LogP contribution in [0.2, 0.25) is 0 Å². The Hall–Kier alpha value is -0.870. The SMILES string of the molecule is CC(=O)O[C@@H]1C[C@@]2(O)[C@H](C)CC[C@@H](C(C)CN(C)C3CCCCC3)[C@H]2C=C1C. The maximum atomic E-state index is 11.7. The molecule has 0 heterocycles. The lowest BCUT2D eigenvalue weighted by molar-refractivity contribution is -0.159. The minimum absolute atomic E-state index is 0.165. The van der Waals surface area contributed by atoms with Gasteiger partial charge in [0.25, 0.3) is 0 Å². The third-order valence-corrected chi connectivity index (χ3v) is 8.10. The van der Waals surface area contributed by atoms with Gasteiger partial charge >= 0.3 is 5.97 Å². The minimum Gasteiger partial charge on any atom is -0.458 e. The van der Waals surface area contributed by atoms with Gasteiger partial charge in [-0.15, -0.1) is 0 Å². The highest BCUT2D eigenvalue weighted by molar-refractivity contribution is 5.66. The van der Waals surface area contributed by atoms with Gasteiger partial charge in [-0.2, -0.15) is 0 Å². The minimum atomic E-state index is -0.764. The van der Waals surface area contributed by atoms with E-state index in [1.54, 1.807) is 0 Å². The van der Waals surface area contributed by atoms with E-state index in [4.69, 9.17) is 4.74 Å². The number of nitrogens with zero attached hydrogens (tertiary/aromatic N) is 1. The lowest BCUT2D eigenvalue weighted by Gasteiger charge is -2.53. The molecule has 2 saturated carbocycles. The van der Waals surface area contributed by atoms with Crippen molar-refractivity contribution in [1.82, 2.24) is 4.90 Å². The predicted molar refractivity (Wildman–Crippen MR) is 113 cm³/mol. The van der Waals surface area contributed by atoms with Gasteiger partial charge in [0.2, 0.25) is 0 Å². The highest BCUT2D eigenvalue weighted by Gasteiger charge is 2.52. The molecule has 4 nitrogen and oxygen atoms in total. The molecule has 1 N–H and O–H groups in total. The fourth-order valence-electron chi connectivity index (χ4n) is 6.26. The lowest BCUT2D eigenvalue weighted by Crippen LogP contribution is -2.56. The Balaban J connectivity index is 1.74. The van der Waals surface area contributed by atoms with Crippen LogP contribution in [-0.2, 0) is 9.53 Å². The van der Waals surface area contributed by atoms with Crippen molar-refractivity contribution in [2.45, 2.75) is 96.8 Å². The molecule has 0 aromatic heterocycles. The second-order valence-electron chi connectivity index (χ2n) is 10.1. The van der Waals surface area contributed by atoms with Crippen molar-refractivity contribution in [3.8, 4) is 0 Å². The van der Waals surface area contributed by atoms with Gasteiger partial charge in [-0.3, -0.25) is 4.79 Å². The van der Waals surface area contributed by atoms with Crippen molar-refractivity contribution in [3.63, 3.8) is 0 Å². The smallest absolute Gasteiger partial charge is 0.303 e. The normalized spacial score (nSPS) is 37.9. The van der Waals surface area contributed by atoms with Crippen LogP contribution in [0, 0.1) is 23.7 Å². The summed E-state index contributed by atoms with van der Waals surface area (Å²) >= 11 is 0. The molecule has 3 aliphatic carbocycles. The van der Waals surface area contributed by atoms with Crippen LogP contribution in [0.25, 0.3) is 0 Å². The van der Waals surface area contributed by atoms with Crippen LogP contribution in [0.5, 0.6) is 0 Å². The molecule has 0 aliphatic heterocycles. The van der Waals surface area contributed by atoms with Gasteiger partial charge in [0.05, 0.1) is 5.60 Å². The number of hydrogen-bond acceptors (Lipinski definition) is 4. The maximum Gasteiger partial charge on any atom is 0.303 e. The highest BCUT2D eigenvalue weighted by atomic mass is 16.5. The van der Waals surface area contributed by atoms with Crippen LogP contribution in [0.4, 0.5) is 0 Å². The number of carbonyl (C=O) groups is 1. The molecule has 160 valence electrons. The third kappa shape index (κ3) is 4.48. The molecule has 3 aliphatic rings. The van der Waals surface area contributed by atoms with Crippen molar-refractivity contribution in [2.75, 3.05) is 13.6 Å². The van der Waals surface area contributed by atoms with E-state index < -0.39 is 5.60 Å². The Kier molecular flexibility index (Phi) is 6.92. The first kappa shape index (κ1) is 21.8. The molecule has 6 atom stereocenters. The van der Waals surface area contributed by atoms with Gasteiger partial charge < -0.3 is 14.7 Å². The first-order chi connectivity index (χ1) is 13.2. The summed E-state index contributed by atoms with van der Waals surface area (Å²) in [5.74, 6) is 1.17. The van der Waals surface area contributed by atoms with Crippen molar-refractivity contribution < 1.29 is 14.6 Å². The number of carbonyl (C=O) groups excluding carboxylic acids is 1. The van der Waals surface area contributed by atoms with Crippen LogP contribution in [0.15, 0.2) is 11.6 Å². The zero-order valence-electron chi connectivity index (χ0n) is 18.6. The molecular formula is C24H41NO3. The molecule has 0 saturated heterocycles. The second kappa shape index (κ2) is 8.87. The third-order valence-electron chi connectivity index (χ3n) is 8.10. The number of ether oxygens (including phenoxy) is 1. The number of esters is 1. The van der Waals surface area contributed by atoms with Crippen molar-refractivity contribution in [2.24, 2.45) is 23.7 Å². The van der Waals surface area contributed by atoms with E-state index in [0.29, 0.717) is 18.3 Å². The summed E-state index contributed by atoms with van der Waals surface area (Å²) in [6.45, 7) is 9.17. The van der Waals surface area contributed by atoms with Crippen LogP contribution < -0.4 is 0 Å².